The van der Waals surface area contributed by atoms with E-state index in [-0.39, 0.29) is 57.2 Å². The summed E-state index contributed by atoms with van der Waals surface area (Å²) in [6.07, 6.45) is 10.2. The normalized spacial score (nSPS) is 16.2. The molecule has 630 valence electrons. The molecule has 8 rings (SSSR count). The molecule has 0 saturated heterocycles. The maximum atomic E-state index is 14.4. The van der Waals surface area contributed by atoms with E-state index in [0.717, 1.165) is 132 Å². The van der Waals surface area contributed by atoms with Gasteiger partial charge in [-0.3, -0.25) is 21.5 Å². The minimum Gasteiger partial charge on any atom is -0.544 e. The van der Waals surface area contributed by atoms with Gasteiger partial charge in [-0.2, -0.15) is 68.8 Å². The first-order valence-electron chi connectivity index (χ1n) is 36.3. The Morgan fingerprint density at radius 3 is 1.20 bits per heavy atom. The number of alkyl halides is 8. The summed E-state index contributed by atoms with van der Waals surface area (Å²) in [5.41, 5.74) is 4.67. The first-order valence-corrected chi connectivity index (χ1v) is 44.1. The number of carboxylic acid groups (broad SMARTS) is 4. The highest BCUT2D eigenvalue weighted by atomic mass is 127. The Labute approximate surface area is 682 Å². The molecule has 0 bridgehead atoms. The molecular formula is C77H92F8I2O22S4-4. The number of hydrogen-bond acceptors (Lipinski definition) is 22. The van der Waals surface area contributed by atoms with E-state index in [4.69, 9.17) is 13.1 Å². The lowest BCUT2D eigenvalue weighted by Crippen LogP contribution is -2.54. The molecule has 0 spiro atoms. The summed E-state index contributed by atoms with van der Waals surface area (Å²) < 4.78 is 236. The molecule has 5 aromatic rings. The molecule has 3 aliphatic rings. The fourth-order valence-electron chi connectivity index (χ4n) is 12.8. The number of ether oxygens (including phenoxy) is 1. The second-order valence-corrected chi connectivity index (χ2v) is 37.9. The average Bonchev–Trinajstić information content (AvgIpc) is 0.739. The number of halogens is 10. The van der Waals surface area contributed by atoms with Gasteiger partial charge in [0, 0.05) is 6.92 Å². The van der Waals surface area contributed by atoms with E-state index in [1.54, 1.807) is 112 Å². The lowest BCUT2D eigenvalue weighted by molar-refractivity contribution is -0.337. The molecule has 3 atom stereocenters. The molecular weight excluding hydrogens is 1810 g/mol. The monoisotopic (exact) mass is 1900 g/mol. The number of carbonyl (C=O) groups is 5. The Morgan fingerprint density at radius 1 is 0.460 bits per heavy atom. The quantitative estimate of drug-likeness (QED) is 0.0135. The van der Waals surface area contributed by atoms with Crippen LogP contribution < -0.4 is 25.2 Å². The number of aryl methyl sites for hydroxylation is 1. The summed E-state index contributed by atoms with van der Waals surface area (Å²) in [7, 11) is -18.5. The van der Waals surface area contributed by atoms with E-state index in [9.17, 15) is 113 Å². The molecule has 0 aromatic heterocycles. The van der Waals surface area contributed by atoms with E-state index >= 15 is 0 Å². The zero-order valence-corrected chi connectivity index (χ0v) is 71.4. The highest BCUT2D eigenvalue weighted by Crippen LogP contribution is 2.48. The summed E-state index contributed by atoms with van der Waals surface area (Å²) in [6, 6.07) is 21.4. The minimum absolute atomic E-state index is 0.0321. The molecule has 3 unspecified atom stereocenters. The molecule has 5 aromatic carbocycles. The molecule has 0 heterocycles. The Balaban J connectivity index is 0.000000273. The fourth-order valence-corrected chi connectivity index (χ4v) is 20.1. The molecule has 36 heteroatoms. The van der Waals surface area contributed by atoms with Crippen LogP contribution >= 0.6 is 45.2 Å². The standard InChI is InChI=1S/C27H38F2O5S.C18H14F2I2O7S.C18H26F2O5S.C14H18F2O5S/c28-27(29,26(30)31)18-34-35(32,33)25-23(20-12-6-2-7-13-20)16-22(19-10-4-1-5-11-19)17-24(25)21-14-8-3-9-15-21;1-9-3-5-12(6-4-9)30(26,27)29-16(18(19,20)17(24)25)11-7-13(21)15(14(22)8-11)28-10(2)23;1-10(2)13-7-14(11(3)4)16(15(8-13)12(5)6)26(23,24)25-9-18(19,20)17(21)22;1-9(2)10(3)12(14(15,16)13(17)18)21-22(19,20)11-7-5-4-6-8-11/h16-17,19-21H,1-15,18H2,(H,30,31);3-8,16H,1-2H3,(H,24,25);7-8,10-12H,9H2,1-6H3,(H,21,22);4-10,12H,1-3H3,(H,17,18)/p-4. The number of carboxylic acids is 4. The molecule has 0 radical (unpaired) electrons. The largest absolute Gasteiger partial charge is 0.544 e. The molecule has 0 amide bonds. The van der Waals surface area contributed by atoms with Gasteiger partial charge in [0.25, 0.3) is 40.5 Å². The van der Waals surface area contributed by atoms with Gasteiger partial charge in [0.1, 0.15) is 53.0 Å². The predicted molar refractivity (Wildman–Crippen MR) is 407 cm³/mol. The molecule has 3 aliphatic carbocycles. The van der Waals surface area contributed by atoms with Crippen molar-refractivity contribution in [3.63, 3.8) is 0 Å². The molecule has 3 fully saturated rings. The van der Waals surface area contributed by atoms with Gasteiger partial charge in [-0.25, -0.2) is 0 Å². The van der Waals surface area contributed by atoms with Crippen LogP contribution in [0.2, 0.25) is 0 Å². The number of hydrogen-bond donors (Lipinski definition) is 0. The lowest BCUT2D eigenvalue weighted by atomic mass is 9.76. The molecule has 22 nitrogen and oxygen atoms in total. The van der Waals surface area contributed by atoms with Crippen LogP contribution in [-0.4, -0.2) is 107 Å². The fraction of sp³-hybridized carbons (Fsp3) is 0.545. The number of rotatable bonds is 30. The maximum Gasteiger partial charge on any atom is 0.318 e. The van der Waals surface area contributed by atoms with Crippen molar-refractivity contribution < 1.29 is 135 Å². The Bertz CT molecular complexity index is 4520. The van der Waals surface area contributed by atoms with Crippen molar-refractivity contribution in [3.05, 3.63) is 143 Å². The van der Waals surface area contributed by atoms with E-state index in [2.05, 4.69) is 8.37 Å². The smallest absolute Gasteiger partial charge is 0.318 e. The van der Waals surface area contributed by atoms with Crippen LogP contribution in [0.1, 0.15) is 252 Å². The van der Waals surface area contributed by atoms with E-state index in [1.165, 1.54) is 55.3 Å². The number of benzene rings is 5. The maximum absolute atomic E-state index is 14.4. The predicted octanol–water partition coefficient (Wildman–Crippen LogP) is 13.5. The second-order valence-electron chi connectivity index (χ2n) is 29.3. The Morgan fingerprint density at radius 2 is 0.841 bits per heavy atom. The molecule has 3 saturated carbocycles. The van der Waals surface area contributed by atoms with Crippen LogP contribution in [-0.2, 0) is 81.2 Å². The van der Waals surface area contributed by atoms with Crippen molar-refractivity contribution in [2.45, 2.75) is 263 Å². The van der Waals surface area contributed by atoms with Gasteiger partial charge in [-0.15, -0.1) is 0 Å². The molecule has 0 aliphatic heterocycles. The van der Waals surface area contributed by atoms with Crippen molar-refractivity contribution >= 4 is 116 Å². The Kier molecular flexibility index (Phi) is 35.3. The van der Waals surface area contributed by atoms with Crippen LogP contribution in [0.25, 0.3) is 0 Å². The van der Waals surface area contributed by atoms with Crippen molar-refractivity contribution in [3.8, 4) is 5.75 Å². The highest BCUT2D eigenvalue weighted by Gasteiger charge is 2.50. The summed E-state index contributed by atoms with van der Waals surface area (Å²) in [5.74, 6) is -30.6. The summed E-state index contributed by atoms with van der Waals surface area (Å²) in [4.78, 5) is 53.3. The number of carbonyl (C=O) groups excluding carboxylic acids is 5. The topological polar surface area (TPSA) is 360 Å². The minimum atomic E-state index is -4.76. The number of aliphatic carboxylic acids is 4. The summed E-state index contributed by atoms with van der Waals surface area (Å²) in [5, 5.41) is 42.9. The average molecular weight is 1900 g/mol. The molecule has 0 N–H and O–H groups in total. The van der Waals surface area contributed by atoms with E-state index in [0.29, 0.717) is 28.2 Å². The van der Waals surface area contributed by atoms with Crippen LogP contribution in [0.15, 0.2) is 111 Å². The van der Waals surface area contributed by atoms with Gasteiger partial charge in [0.05, 0.1) is 16.9 Å². The van der Waals surface area contributed by atoms with E-state index in [1.807, 2.05) is 26.0 Å². The third-order valence-electron chi connectivity index (χ3n) is 19.4. The van der Waals surface area contributed by atoms with Crippen molar-refractivity contribution in [1.82, 2.24) is 0 Å². The summed E-state index contributed by atoms with van der Waals surface area (Å²) >= 11 is 3.36. The van der Waals surface area contributed by atoms with Crippen LogP contribution in [0, 0.1) is 25.9 Å². The first-order chi connectivity index (χ1) is 52.1. The van der Waals surface area contributed by atoms with Crippen LogP contribution in [0.5, 0.6) is 5.75 Å². The van der Waals surface area contributed by atoms with Gasteiger partial charge in [0.2, 0.25) is 0 Å². The zero-order valence-electron chi connectivity index (χ0n) is 63.8. The van der Waals surface area contributed by atoms with Crippen LogP contribution in [0.4, 0.5) is 35.1 Å². The van der Waals surface area contributed by atoms with Gasteiger partial charge in [-0.05, 0) is 213 Å². The van der Waals surface area contributed by atoms with Crippen molar-refractivity contribution in [2.75, 3.05) is 13.2 Å². The lowest BCUT2D eigenvalue weighted by Gasteiger charge is -2.33. The zero-order chi connectivity index (χ0) is 85.5. The van der Waals surface area contributed by atoms with Crippen molar-refractivity contribution in [1.29, 1.82) is 0 Å². The van der Waals surface area contributed by atoms with Crippen molar-refractivity contribution in [2.24, 2.45) is 11.8 Å². The highest BCUT2D eigenvalue weighted by molar-refractivity contribution is 14.1. The van der Waals surface area contributed by atoms with Gasteiger partial charge < -0.3 is 44.3 Å². The van der Waals surface area contributed by atoms with Gasteiger partial charge >= 0.3 is 29.7 Å². The number of esters is 1. The molecule has 113 heavy (non-hydrogen) atoms. The summed E-state index contributed by atoms with van der Waals surface area (Å²) in [6.45, 7) is 14.8. The van der Waals surface area contributed by atoms with Gasteiger partial charge in [-0.1, -0.05) is 180 Å². The van der Waals surface area contributed by atoms with Crippen LogP contribution in [0.3, 0.4) is 0 Å². The SMILES string of the molecule is CC(=O)Oc1c(I)cc(C(OS(=O)(=O)c2ccc(C)cc2)C(F)(F)C(=O)[O-])cc1I.CC(C)C(C)C(OS(=O)(=O)c1ccccc1)C(F)(F)C(=O)[O-].CC(C)c1cc(C(C)C)c(S(=O)(=O)OCC(F)(F)C(=O)[O-])c(C(C)C)c1.O=C([O-])C(F)(F)COS(=O)(=O)c1c(C2CCCCC2)cc(C2CCCCC2)cc1C1CCCCC1. The Hall–Kier alpha value is -6.01. The third kappa shape index (κ3) is 26.5. The second kappa shape index (κ2) is 40.9. The van der Waals surface area contributed by atoms with Gasteiger partial charge in [0.15, 0.2) is 11.9 Å². The van der Waals surface area contributed by atoms with E-state index < -0.39 is 142 Å². The first kappa shape index (κ1) is 97.6. The third-order valence-corrected chi connectivity index (χ3v) is 26.4.